The average molecular weight is 309 g/mol. The highest BCUT2D eigenvalue weighted by molar-refractivity contribution is 6.22. The summed E-state index contributed by atoms with van der Waals surface area (Å²) in [5, 5.41) is 0. The van der Waals surface area contributed by atoms with Gasteiger partial charge in [0.25, 0.3) is 0 Å². The van der Waals surface area contributed by atoms with Crippen LogP contribution in [0.25, 0.3) is 0 Å². The Morgan fingerprint density at radius 2 is 1.57 bits per heavy atom. The highest BCUT2D eigenvalue weighted by Crippen LogP contribution is 2.65. The third-order valence-electron chi connectivity index (χ3n) is 6.07. The van der Waals surface area contributed by atoms with Crippen molar-refractivity contribution in [3.63, 3.8) is 0 Å². The first-order chi connectivity index (χ1) is 11.2. The van der Waals surface area contributed by atoms with Crippen LogP contribution in [-0.4, -0.2) is 18.4 Å². The zero-order valence-electron chi connectivity index (χ0n) is 13.0. The molecule has 118 valence electrons. The number of carbonyl (C=O) groups is 2. The van der Waals surface area contributed by atoms with Crippen LogP contribution in [0.4, 0.5) is 5.69 Å². The second-order valence-electron chi connectivity index (χ2n) is 7.09. The molecule has 5 aliphatic rings. The smallest absolute Gasteiger partial charge is 0.238 e. The van der Waals surface area contributed by atoms with Crippen molar-refractivity contribution in [3.8, 4) is 5.75 Å². The molecular formula is C19H19NO3. The van der Waals surface area contributed by atoms with Crippen LogP contribution in [0.15, 0.2) is 36.4 Å². The summed E-state index contributed by atoms with van der Waals surface area (Å²) in [5.41, 5.74) is 0.672. The van der Waals surface area contributed by atoms with Gasteiger partial charge in [0, 0.05) is 0 Å². The summed E-state index contributed by atoms with van der Waals surface area (Å²) in [6, 6.07) is 7.28. The van der Waals surface area contributed by atoms with Gasteiger partial charge < -0.3 is 4.74 Å². The van der Waals surface area contributed by atoms with Crippen molar-refractivity contribution in [2.75, 3.05) is 11.5 Å². The van der Waals surface area contributed by atoms with Gasteiger partial charge in [-0.25, -0.2) is 0 Å². The van der Waals surface area contributed by atoms with E-state index < -0.39 is 0 Å². The van der Waals surface area contributed by atoms with Crippen LogP contribution in [0.1, 0.15) is 13.3 Å². The lowest BCUT2D eigenvalue weighted by Gasteiger charge is -2.37. The van der Waals surface area contributed by atoms with Crippen LogP contribution in [0.3, 0.4) is 0 Å². The summed E-state index contributed by atoms with van der Waals surface area (Å²) in [6.45, 7) is 2.53. The second-order valence-corrected chi connectivity index (χ2v) is 7.09. The lowest BCUT2D eigenvalue weighted by Crippen LogP contribution is -2.40. The Labute approximate surface area is 135 Å². The Hall–Kier alpha value is -2.10. The van der Waals surface area contributed by atoms with Crippen LogP contribution < -0.4 is 9.64 Å². The first kappa shape index (κ1) is 13.3. The summed E-state index contributed by atoms with van der Waals surface area (Å²) in [6.07, 6.45) is 5.60. The molecule has 2 bridgehead atoms. The molecule has 2 amide bonds. The van der Waals surface area contributed by atoms with E-state index in [4.69, 9.17) is 4.74 Å². The summed E-state index contributed by atoms with van der Waals surface area (Å²) >= 11 is 0. The molecule has 6 atom stereocenters. The fourth-order valence-electron chi connectivity index (χ4n) is 5.07. The molecular weight excluding hydrogens is 290 g/mol. The van der Waals surface area contributed by atoms with Gasteiger partial charge in [0.05, 0.1) is 24.1 Å². The summed E-state index contributed by atoms with van der Waals surface area (Å²) in [5.74, 6) is 2.32. The third kappa shape index (κ3) is 1.66. The minimum Gasteiger partial charge on any atom is -0.494 e. The van der Waals surface area contributed by atoms with Crippen LogP contribution in [-0.2, 0) is 9.59 Å². The number of hydrogen-bond donors (Lipinski definition) is 0. The van der Waals surface area contributed by atoms with Gasteiger partial charge in [-0.15, -0.1) is 0 Å². The molecule has 1 heterocycles. The van der Waals surface area contributed by atoms with E-state index in [2.05, 4.69) is 12.2 Å². The van der Waals surface area contributed by atoms with Gasteiger partial charge in [-0.3, -0.25) is 14.5 Å². The Balaban J connectivity index is 1.49. The molecule has 0 N–H and O–H groups in total. The molecule has 1 saturated heterocycles. The van der Waals surface area contributed by atoms with E-state index in [1.54, 1.807) is 0 Å². The maximum Gasteiger partial charge on any atom is 0.238 e. The van der Waals surface area contributed by atoms with Crippen LogP contribution >= 0.6 is 0 Å². The zero-order valence-corrected chi connectivity index (χ0v) is 13.0. The first-order valence-electron chi connectivity index (χ1n) is 8.49. The minimum absolute atomic E-state index is 0.00569. The highest BCUT2D eigenvalue weighted by Gasteiger charge is 2.67. The molecule has 0 unspecified atom stereocenters. The van der Waals surface area contributed by atoms with Gasteiger partial charge in [-0.1, -0.05) is 12.2 Å². The number of imide groups is 1. The molecule has 6 rings (SSSR count). The molecule has 4 aliphatic carbocycles. The SMILES string of the molecule is CCOc1ccc(N2C(=O)[C@@H]3[C@H]4C=C[C@@H]([C@H]5C[C@H]45)[C@@H]3C2=O)cc1. The molecule has 0 radical (unpaired) electrons. The Morgan fingerprint density at radius 1 is 1.00 bits per heavy atom. The van der Waals surface area contributed by atoms with Crippen molar-refractivity contribution >= 4 is 17.5 Å². The first-order valence-corrected chi connectivity index (χ1v) is 8.49. The van der Waals surface area contributed by atoms with Gasteiger partial charge in [0.1, 0.15) is 5.75 Å². The molecule has 0 spiro atoms. The van der Waals surface area contributed by atoms with E-state index in [1.807, 2.05) is 31.2 Å². The largest absolute Gasteiger partial charge is 0.494 e. The van der Waals surface area contributed by atoms with Crippen LogP contribution in [0.2, 0.25) is 0 Å². The molecule has 1 aliphatic heterocycles. The number of benzene rings is 1. The lowest BCUT2D eigenvalue weighted by molar-refractivity contribution is -0.124. The van der Waals surface area contributed by atoms with Crippen molar-refractivity contribution in [1.29, 1.82) is 0 Å². The van der Waals surface area contributed by atoms with Crippen LogP contribution in [0.5, 0.6) is 5.75 Å². The monoisotopic (exact) mass is 309 g/mol. The average Bonchev–Trinajstić information content (AvgIpc) is 3.34. The number of nitrogens with zero attached hydrogens (tertiary/aromatic N) is 1. The maximum atomic E-state index is 13.0. The fourth-order valence-corrected chi connectivity index (χ4v) is 5.07. The number of allylic oxidation sites excluding steroid dienone is 2. The molecule has 4 heteroatoms. The van der Waals surface area contributed by atoms with Crippen LogP contribution in [0, 0.1) is 35.5 Å². The van der Waals surface area contributed by atoms with Gasteiger partial charge in [0.2, 0.25) is 11.8 Å². The molecule has 2 saturated carbocycles. The van der Waals surface area contributed by atoms with E-state index in [1.165, 1.54) is 11.3 Å². The predicted molar refractivity (Wildman–Crippen MR) is 84.8 cm³/mol. The van der Waals surface area contributed by atoms with E-state index in [9.17, 15) is 9.59 Å². The Bertz CT molecular complexity index is 687. The van der Waals surface area contributed by atoms with Crippen molar-refractivity contribution in [2.45, 2.75) is 13.3 Å². The number of hydrogen-bond acceptors (Lipinski definition) is 3. The highest BCUT2D eigenvalue weighted by atomic mass is 16.5. The van der Waals surface area contributed by atoms with E-state index >= 15 is 0 Å². The second kappa shape index (κ2) is 4.47. The summed E-state index contributed by atoms with van der Waals surface area (Å²) in [7, 11) is 0. The number of carbonyl (C=O) groups excluding carboxylic acids is 2. The predicted octanol–water partition coefficient (Wildman–Crippen LogP) is 2.64. The normalized spacial score (nSPS) is 39.4. The van der Waals surface area contributed by atoms with Crippen molar-refractivity contribution in [1.82, 2.24) is 0 Å². The Kier molecular flexibility index (Phi) is 2.59. The van der Waals surface area contributed by atoms with Crippen molar-refractivity contribution in [2.24, 2.45) is 35.5 Å². The number of rotatable bonds is 3. The number of amides is 2. The lowest BCUT2D eigenvalue weighted by atomic mass is 9.63. The van der Waals surface area contributed by atoms with Gasteiger partial charge in [-0.05, 0) is 61.3 Å². The quantitative estimate of drug-likeness (QED) is 0.637. The van der Waals surface area contributed by atoms with Crippen molar-refractivity contribution in [3.05, 3.63) is 36.4 Å². The molecule has 23 heavy (non-hydrogen) atoms. The molecule has 4 nitrogen and oxygen atoms in total. The topological polar surface area (TPSA) is 46.6 Å². The summed E-state index contributed by atoms with van der Waals surface area (Å²) in [4.78, 5) is 27.3. The number of anilines is 1. The summed E-state index contributed by atoms with van der Waals surface area (Å²) < 4.78 is 5.44. The van der Waals surface area contributed by atoms with Crippen molar-refractivity contribution < 1.29 is 14.3 Å². The van der Waals surface area contributed by atoms with Gasteiger partial charge in [0.15, 0.2) is 0 Å². The molecule has 1 aromatic rings. The van der Waals surface area contributed by atoms with E-state index in [0.29, 0.717) is 24.1 Å². The minimum atomic E-state index is -0.132. The van der Waals surface area contributed by atoms with Gasteiger partial charge >= 0.3 is 0 Å². The Morgan fingerprint density at radius 3 is 2.09 bits per heavy atom. The zero-order chi connectivity index (χ0) is 15.7. The fraction of sp³-hybridized carbons (Fsp3) is 0.474. The number of ether oxygens (including phenoxy) is 1. The molecule has 0 aromatic heterocycles. The molecule has 1 aromatic carbocycles. The van der Waals surface area contributed by atoms with Gasteiger partial charge in [-0.2, -0.15) is 0 Å². The van der Waals surface area contributed by atoms with E-state index in [-0.39, 0.29) is 35.5 Å². The maximum absolute atomic E-state index is 13.0. The standard InChI is InChI=1S/C19H19NO3/c1-2-23-11-5-3-10(4-6-11)20-18(21)16-12-7-8-13(15-9-14(12)15)17(16)19(20)22/h3-8,12-17H,2,9H2,1H3/t12-,13-,14+,15+,16-,17+/m0/s1. The third-order valence-corrected chi connectivity index (χ3v) is 6.07. The molecule has 3 fully saturated rings. The van der Waals surface area contributed by atoms with E-state index in [0.717, 1.165) is 5.75 Å².